The molecule has 0 spiro atoms. The Kier molecular flexibility index (Phi) is 3.94. The molecule has 1 amide bonds. The maximum absolute atomic E-state index is 12.1. The summed E-state index contributed by atoms with van der Waals surface area (Å²) >= 11 is 0. The van der Waals surface area contributed by atoms with Gasteiger partial charge in [0.05, 0.1) is 12.7 Å². The molecule has 0 saturated carbocycles. The zero-order valence-corrected chi connectivity index (χ0v) is 13.0. The van der Waals surface area contributed by atoms with Gasteiger partial charge in [-0.2, -0.15) is 5.26 Å². The molecule has 2 N–H and O–H groups in total. The second-order valence-corrected chi connectivity index (χ2v) is 5.50. The number of nitrogens with zero attached hydrogens (tertiary/aromatic N) is 1. The van der Waals surface area contributed by atoms with E-state index in [1.807, 2.05) is 25.1 Å². The second kappa shape index (κ2) is 6.05. The molecule has 1 aliphatic heterocycles. The van der Waals surface area contributed by atoms with Crippen LogP contribution in [0.1, 0.15) is 34.1 Å². The van der Waals surface area contributed by atoms with E-state index in [1.54, 1.807) is 7.11 Å². The number of benzene rings is 1. The van der Waals surface area contributed by atoms with Gasteiger partial charge in [-0.3, -0.25) is 4.79 Å². The van der Waals surface area contributed by atoms with E-state index in [9.17, 15) is 4.79 Å². The third-order valence-corrected chi connectivity index (χ3v) is 3.80. The number of nitrogens with one attached hydrogen (secondary N) is 2. The summed E-state index contributed by atoms with van der Waals surface area (Å²) in [5.74, 6) is 1.29. The lowest BCUT2D eigenvalue weighted by atomic mass is 10.1. The van der Waals surface area contributed by atoms with E-state index >= 15 is 0 Å². The van der Waals surface area contributed by atoms with Crippen molar-refractivity contribution >= 4 is 5.91 Å². The van der Waals surface area contributed by atoms with Gasteiger partial charge in [-0.25, -0.2) is 0 Å². The average Bonchev–Trinajstić information content (AvgIpc) is 3.16. The predicted molar refractivity (Wildman–Crippen MR) is 83.5 cm³/mol. The monoisotopic (exact) mass is 311 g/mol. The fourth-order valence-electron chi connectivity index (χ4n) is 2.67. The molecule has 1 atom stereocenters. The summed E-state index contributed by atoms with van der Waals surface area (Å²) in [6.07, 6.45) is 2.51. The molecule has 23 heavy (non-hydrogen) atoms. The number of H-pyrrole nitrogens is 1. The molecule has 0 aliphatic carbocycles. The third-order valence-electron chi connectivity index (χ3n) is 3.80. The Labute approximate surface area is 134 Å². The van der Waals surface area contributed by atoms with Crippen molar-refractivity contribution in [2.24, 2.45) is 0 Å². The van der Waals surface area contributed by atoms with E-state index in [4.69, 9.17) is 14.7 Å². The van der Waals surface area contributed by atoms with Gasteiger partial charge in [0, 0.05) is 30.3 Å². The minimum Gasteiger partial charge on any atom is -0.496 e. The summed E-state index contributed by atoms with van der Waals surface area (Å²) in [5, 5.41) is 11.6. The van der Waals surface area contributed by atoms with Crippen molar-refractivity contribution in [2.75, 3.05) is 7.11 Å². The molecule has 118 valence electrons. The summed E-state index contributed by atoms with van der Waals surface area (Å²) in [7, 11) is 1.61. The SMILES string of the molecule is COc1cc2c(cc1CNC(=O)c1cc(C#N)c[nH]1)OC(C)C2. The standard InChI is InChI=1S/C17H17N3O3/c1-10-3-12-5-15(22-2)13(6-16(12)23-10)9-20-17(21)14-4-11(7-18)8-19-14/h4-6,8,10,19H,3,9H2,1-2H3,(H,20,21). The Morgan fingerprint density at radius 3 is 3.04 bits per heavy atom. The van der Waals surface area contributed by atoms with Crippen LogP contribution < -0.4 is 14.8 Å². The van der Waals surface area contributed by atoms with Crippen LogP contribution in [0.25, 0.3) is 0 Å². The molecular formula is C17H17N3O3. The number of carbonyl (C=O) groups is 1. The van der Waals surface area contributed by atoms with Crippen molar-refractivity contribution in [3.8, 4) is 17.6 Å². The van der Waals surface area contributed by atoms with Crippen LogP contribution in [0.4, 0.5) is 0 Å². The Hall–Kier alpha value is -2.94. The lowest BCUT2D eigenvalue weighted by Crippen LogP contribution is -2.23. The number of fused-ring (bicyclic) bond motifs is 1. The quantitative estimate of drug-likeness (QED) is 0.905. The number of carbonyl (C=O) groups excluding carboxylic acids is 1. The molecule has 0 fully saturated rings. The molecule has 6 heteroatoms. The van der Waals surface area contributed by atoms with Gasteiger partial charge in [-0.15, -0.1) is 0 Å². The number of methoxy groups -OCH3 is 1. The van der Waals surface area contributed by atoms with Gasteiger partial charge in [0.25, 0.3) is 5.91 Å². The van der Waals surface area contributed by atoms with E-state index < -0.39 is 0 Å². The fraction of sp³-hybridized carbons (Fsp3) is 0.294. The molecular weight excluding hydrogens is 294 g/mol. The van der Waals surface area contributed by atoms with Gasteiger partial charge in [-0.1, -0.05) is 0 Å². The van der Waals surface area contributed by atoms with Crippen LogP contribution >= 0.6 is 0 Å². The van der Waals surface area contributed by atoms with E-state index in [0.717, 1.165) is 29.0 Å². The minimum absolute atomic E-state index is 0.155. The molecule has 0 radical (unpaired) electrons. The van der Waals surface area contributed by atoms with Crippen molar-refractivity contribution in [1.82, 2.24) is 10.3 Å². The molecule has 0 bridgehead atoms. The van der Waals surface area contributed by atoms with Crippen LogP contribution in [0.15, 0.2) is 24.4 Å². The molecule has 3 rings (SSSR count). The van der Waals surface area contributed by atoms with Crippen molar-refractivity contribution in [2.45, 2.75) is 26.0 Å². The lowest BCUT2D eigenvalue weighted by molar-refractivity contribution is 0.0946. The van der Waals surface area contributed by atoms with Crippen molar-refractivity contribution in [3.63, 3.8) is 0 Å². The number of hydrogen-bond donors (Lipinski definition) is 2. The predicted octanol–water partition coefficient (Wildman–Crippen LogP) is 2.15. The topological polar surface area (TPSA) is 87.1 Å². The van der Waals surface area contributed by atoms with Crippen LogP contribution in [0, 0.1) is 11.3 Å². The smallest absolute Gasteiger partial charge is 0.268 e. The molecule has 2 aromatic rings. The first-order valence-corrected chi connectivity index (χ1v) is 7.34. The van der Waals surface area contributed by atoms with Crippen LogP contribution in [0.2, 0.25) is 0 Å². The maximum Gasteiger partial charge on any atom is 0.268 e. The molecule has 1 unspecified atom stereocenters. The summed E-state index contributed by atoms with van der Waals surface area (Å²) in [5.41, 5.74) is 2.74. The lowest BCUT2D eigenvalue weighted by Gasteiger charge is -2.11. The third kappa shape index (κ3) is 2.99. The highest BCUT2D eigenvalue weighted by molar-refractivity contribution is 5.92. The maximum atomic E-state index is 12.1. The Morgan fingerprint density at radius 2 is 2.35 bits per heavy atom. The van der Waals surface area contributed by atoms with E-state index in [0.29, 0.717) is 17.8 Å². The highest BCUT2D eigenvalue weighted by Gasteiger charge is 2.22. The fourth-order valence-corrected chi connectivity index (χ4v) is 2.67. The number of aromatic amines is 1. The Balaban J connectivity index is 1.74. The van der Waals surface area contributed by atoms with Gasteiger partial charge in [0.15, 0.2) is 0 Å². The largest absolute Gasteiger partial charge is 0.496 e. The van der Waals surface area contributed by atoms with Gasteiger partial charge in [-0.05, 0) is 25.1 Å². The van der Waals surface area contributed by atoms with Gasteiger partial charge in [0.2, 0.25) is 0 Å². The average molecular weight is 311 g/mol. The summed E-state index contributed by atoms with van der Waals surface area (Å²) in [6.45, 7) is 2.33. The van der Waals surface area contributed by atoms with E-state index in [2.05, 4.69) is 10.3 Å². The van der Waals surface area contributed by atoms with Crippen molar-refractivity contribution < 1.29 is 14.3 Å². The molecule has 6 nitrogen and oxygen atoms in total. The molecule has 0 saturated heterocycles. The zero-order valence-electron chi connectivity index (χ0n) is 13.0. The summed E-state index contributed by atoms with van der Waals surface area (Å²) in [4.78, 5) is 14.9. The number of hydrogen-bond acceptors (Lipinski definition) is 4. The Morgan fingerprint density at radius 1 is 1.52 bits per heavy atom. The van der Waals surface area contributed by atoms with Crippen LogP contribution in [0.5, 0.6) is 11.5 Å². The number of rotatable bonds is 4. The van der Waals surface area contributed by atoms with Gasteiger partial charge >= 0.3 is 0 Å². The number of ether oxygens (including phenoxy) is 2. The molecule has 1 aromatic carbocycles. The minimum atomic E-state index is -0.275. The van der Waals surface area contributed by atoms with Crippen LogP contribution in [-0.2, 0) is 13.0 Å². The first kappa shape index (κ1) is 15.0. The number of nitriles is 1. The summed E-state index contributed by atoms with van der Waals surface area (Å²) in [6, 6.07) is 7.36. The highest BCUT2D eigenvalue weighted by atomic mass is 16.5. The van der Waals surface area contributed by atoms with Crippen molar-refractivity contribution in [1.29, 1.82) is 5.26 Å². The first-order valence-electron chi connectivity index (χ1n) is 7.34. The number of aromatic nitrogens is 1. The van der Waals surface area contributed by atoms with Gasteiger partial charge in [0.1, 0.15) is 29.4 Å². The second-order valence-electron chi connectivity index (χ2n) is 5.50. The van der Waals surface area contributed by atoms with E-state index in [1.165, 1.54) is 12.3 Å². The van der Waals surface area contributed by atoms with Crippen LogP contribution in [0.3, 0.4) is 0 Å². The molecule has 2 heterocycles. The summed E-state index contributed by atoms with van der Waals surface area (Å²) < 4.78 is 11.2. The van der Waals surface area contributed by atoms with Crippen molar-refractivity contribution in [3.05, 3.63) is 46.8 Å². The highest BCUT2D eigenvalue weighted by Crippen LogP contribution is 2.34. The molecule has 1 aromatic heterocycles. The molecule has 1 aliphatic rings. The van der Waals surface area contributed by atoms with Crippen LogP contribution in [-0.4, -0.2) is 24.1 Å². The Bertz CT molecular complexity index is 789. The first-order chi connectivity index (χ1) is 11.1. The van der Waals surface area contributed by atoms with E-state index in [-0.39, 0.29) is 12.0 Å². The number of amides is 1. The van der Waals surface area contributed by atoms with Gasteiger partial charge < -0.3 is 19.8 Å². The zero-order chi connectivity index (χ0) is 16.4. The normalized spacial score (nSPS) is 15.4.